The maximum atomic E-state index is 10.9. The number of aryl methyl sites for hydroxylation is 2. The Labute approximate surface area is 114 Å². The van der Waals surface area contributed by atoms with Gasteiger partial charge in [0.05, 0.1) is 11.3 Å². The molecular weight excluding hydrogens is 248 g/mol. The minimum Gasteiger partial charge on any atom is -0.389 e. The quantitative estimate of drug-likeness (QED) is 0.897. The van der Waals surface area contributed by atoms with E-state index in [0.29, 0.717) is 23.4 Å². The summed E-state index contributed by atoms with van der Waals surface area (Å²) in [7, 11) is 1.84. The molecule has 2 rings (SSSR count). The summed E-state index contributed by atoms with van der Waals surface area (Å²) in [5.74, 6) is 0.876. The summed E-state index contributed by atoms with van der Waals surface area (Å²) >= 11 is 6.27. The number of rotatable bonds is 2. The highest BCUT2D eigenvalue weighted by molar-refractivity contribution is 6.30. The fourth-order valence-electron chi connectivity index (χ4n) is 3.17. The van der Waals surface area contributed by atoms with Gasteiger partial charge in [0.15, 0.2) is 0 Å². The molecule has 102 valence electrons. The van der Waals surface area contributed by atoms with E-state index in [1.54, 1.807) is 4.68 Å². The molecule has 1 aromatic rings. The van der Waals surface area contributed by atoms with Crippen LogP contribution in [0.15, 0.2) is 0 Å². The predicted octanol–water partition coefficient (Wildman–Crippen LogP) is 3.11. The zero-order chi connectivity index (χ0) is 13.5. The summed E-state index contributed by atoms with van der Waals surface area (Å²) < 4.78 is 1.69. The Balaban J connectivity index is 2.26. The number of halogens is 1. The van der Waals surface area contributed by atoms with Gasteiger partial charge < -0.3 is 5.11 Å². The minimum absolute atomic E-state index is 0.307. The van der Waals surface area contributed by atoms with Crippen molar-refractivity contribution in [2.75, 3.05) is 0 Å². The third-order valence-electron chi connectivity index (χ3n) is 4.72. The number of hydrogen-bond acceptors (Lipinski definition) is 2. The van der Waals surface area contributed by atoms with E-state index in [9.17, 15) is 5.11 Å². The van der Waals surface area contributed by atoms with Gasteiger partial charge in [-0.3, -0.25) is 4.68 Å². The lowest BCUT2D eigenvalue weighted by Crippen LogP contribution is -2.44. The molecule has 1 saturated carbocycles. The van der Waals surface area contributed by atoms with Crippen molar-refractivity contribution in [1.29, 1.82) is 0 Å². The molecule has 0 radical (unpaired) electrons. The summed E-state index contributed by atoms with van der Waals surface area (Å²) in [4.78, 5) is 0. The van der Waals surface area contributed by atoms with Gasteiger partial charge in [0.2, 0.25) is 0 Å². The van der Waals surface area contributed by atoms with Crippen LogP contribution in [0.2, 0.25) is 5.15 Å². The summed E-state index contributed by atoms with van der Waals surface area (Å²) in [6, 6.07) is 0. The Bertz CT molecular complexity index is 443. The number of aromatic nitrogens is 2. The SMILES string of the molecule is Cc1nn(C)c(Cl)c1CC1(O)CCCC(C)C1C. The monoisotopic (exact) mass is 270 g/mol. The Hall–Kier alpha value is -0.540. The average Bonchev–Trinajstić information content (AvgIpc) is 2.53. The Kier molecular flexibility index (Phi) is 3.75. The predicted molar refractivity (Wildman–Crippen MR) is 73.8 cm³/mol. The van der Waals surface area contributed by atoms with Gasteiger partial charge in [0.25, 0.3) is 0 Å². The van der Waals surface area contributed by atoms with Crippen molar-refractivity contribution in [2.24, 2.45) is 18.9 Å². The van der Waals surface area contributed by atoms with Crippen molar-refractivity contribution in [1.82, 2.24) is 9.78 Å². The normalized spacial score (nSPS) is 32.8. The van der Waals surface area contributed by atoms with Gasteiger partial charge in [-0.25, -0.2) is 0 Å². The van der Waals surface area contributed by atoms with E-state index in [1.165, 1.54) is 6.42 Å². The topological polar surface area (TPSA) is 38.0 Å². The minimum atomic E-state index is -0.630. The highest BCUT2D eigenvalue weighted by atomic mass is 35.5. The van der Waals surface area contributed by atoms with Crippen molar-refractivity contribution in [3.63, 3.8) is 0 Å². The van der Waals surface area contributed by atoms with Crippen LogP contribution in [0.3, 0.4) is 0 Å². The lowest BCUT2D eigenvalue weighted by atomic mass is 9.68. The molecule has 0 aromatic carbocycles. The van der Waals surface area contributed by atoms with Crippen LogP contribution < -0.4 is 0 Å². The van der Waals surface area contributed by atoms with Crippen molar-refractivity contribution in [3.8, 4) is 0 Å². The summed E-state index contributed by atoms with van der Waals surface area (Å²) in [6.07, 6.45) is 3.79. The van der Waals surface area contributed by atoms with Gasteiger partial charge in [0, 0.05) is 19.0 Å². The molecule has 1 aliphatic rings. The van der Waals surface area contributed by atoms with Crippen molar-refractivity contribution in [3.05, 3.63) is 16.4 Å². The van der Waals surface area contributed by atoms with Crippen molar-refractivity contribution in [2.45, 2.75) is 52.1 Å². The summed E-state index contributed by atoms with van der Waals surface area (Å²) in [5, 5.41) is 15.9. The van der Waals surface area contributed by atoms with Crippen LogP contribution in [0.1, 0.15) is 44.4 Å². The second-order valence-electron chi connectivity index (χ2n) is 5.92. The molecule has 18 heavy (non-hydrogen) atoms. The fraction of sp³-hybridized carbons (Fsp3) is 0.786. The van der Waals surface area contributed by atoms with Gasteiger partial charge in [0.1, 0.15) is 5.15 Å². The van der Waals surface area contributed by atoms with E-state index >= 15 is 0 Å². The van der Waals surface area contributed by atoms with Crippen molar-refractivity contribution < 1.29 is 5.11 Å². The van der Waals surface area contributed by atoms with Gasteiger partial charge in [-0.1, -0.05) is 38.3 Å². The molecule has 3 atom stereocenters. The molecule has 1 heterocycles. The molecule has 1 N–H and O–H groups in total. The Morgan fingerprint density at radius 1 is 1.50 bits per heavy atom. The fourth-order valence-corrected chi connectivity index (χ4v) is 3.41. The van der Waals surface area contributed by atoms with Gasteiger partial charge in [-0.15, -0.1) is 0 Å². The molecule has 3 unspecified atom stereocenters. The van der Waals surface area contributed by atoms with Crippen LogP contribution in [0.4, 0.5) is 0 Å². The first kappa shape index (κ1) is 13.9. The zero-order valence-electron chi connectivity index (χ0n) is 11.7. The molecule has 0 spiro atoms. The smallest absolute Gasteiger partial charge is 0.130 e. The van der Waals surface area contributed by atoms with Crippen LogP contribution in [-0.2, 0) is 13.5 Å². The highest BCUT2D eigenvalue weighted by Crippen LogP contribution is 2.40. The summed E-state index contributed by atoms with van der Waals surface area (Å²) in [5.41, 5.74) is 1.30. The molecule has 3 nitrogen and oxygen atoms in total. The van der Waals surface area contributed by atoms with E-state index in [0.717, 1.165) is 24.1 Å². The third kappa shape index (κ3) is 2.30. The van der Waals surface area contributed by atoms with Crippen LogP contribution >= 0.6 is 11.6 Å². The molecule has 1 fully saturated rings. The van der Waals surface area contributed by atoms with E-state index < -0.39 is 5.60 Å². The zero-order valence-corrected chi connectivity index (χ0v) is 12.5. The first-order valence-electron chi connectivity index (χ1n) is 6.75. The Morgan fingerprint density at radius 3 is 2.72 bits per heavy atom. The highest BCUT2D eigenvalue weighted by Gasteiger charge is 2.40. The first-order valence-corrected chi connectivity index (χ1v) is 7.13. The molecule has 0 bridgehead atoms. The molecule has 0 amide bonds. The van der Waals surface area contributed by atoms with E-state index in [1.807, 2.05) is 14.0 Å². The van der Waals surface area contributed by atoms with Crippen LogP contribution in [0.25, 0.3) is 0 Å². The maximum Gasteiger partial charge on any atom is 0.130 e. The molecule has 1 aliphatic carbocycles. The lowest BCUT2D eigenvalue weighted by molar-refractivity contribution is -0.0621. The average molecular weight is 271 g/mol. The second kappa shape index (κ2) is 4.86. The third-order valence-corrected chi connectivity index (χ3v) is 5.20. The number of nitrogens with zero attached hydrogens (tertiary/aromatic N) is 2. The lowest BCUT2D eigenvalue weighted by Gasteiger charge is -2.42. The second-order valence-corrected chi connectivity index (χ2v) is 6.27. The molecule has 0 aliphatic heterocycles. The van der Waals surface area contributed by atoms with E-state index in [4.69, 9.17) is 11.6 Å². The van der Waals surface area contributed by atoms with Crippen LogP contribution in [0, 0.1) is 18.8 Å². The number of aliphatic hydroxyl groups is 1. The van der Waals surface area contributed by atoms with Gasteiger partial charge in [-0.2, -0.15) is 5.10 Å². The van der Waals surface area contributed by atoms with Crippen LogP contribution in [-0.4, -0.2) is 20.5 Å². The Morgan fingerprint density at radius 2 is 2.17 bits per heavy atom. The van der Waals surface area contributed by atoms with Gasteiger partial charge >= 0.3 is 0 Å². The molecule has 4 heteroatoms. The summed E-state index contributed by atoms with van der Waals surface area (Å²) in [6.45, 7) is 6.34. The molecule has 1 aromatic heterocycles. The first-order chi connectivity index (χ1) is 8.35. The van der Waals surface area contributed by atoms with Gasteiger partial charge in [-0.05, 0) is 25.2 Å². The molecule has 0 saturated heterocycles. The largest absolute Gasteiger partial charge is 0.389 e. The van der Waals surface area contributed by atoms with Crippen molar-refractivity contribution >= 4 is 11.6 Å². The van der Waals surface area contributed by atoms with E-state index in [2.05, 4.69) is 18.9 Å². The van der Waals surface area contributed by atoms with E-state index in [-0.39, 0.29) is 0 Å². The molecular formula is C14H23ClN2O. The maximum absolute atomic E-state index is 10.9. The van der Waals surface area contributed by atoms with Crippen LogP contribution in [0.5, 0.6) is 0 Å². The number of hydrogen-bond donors (Lipinski definition) is 1. The standard InChI is InChI=1S/C14H23ClN2O/c1-9-6-5-7-14(18,10(9)2)8-12-11(3)16-17(4)13(12)15/h9-10,18H,5-8H2,1-4H3.